The molecule has 0 bridgehead atoms. The monoisotopic (exact) mass is 430 g/mol. The molecule has 0 aliphatic rings. The van der Waals surface area contributed by atoms with E-state index in [2.05, 4.69) is 63.2 Å². The van der Waals surface area contributed by atoms with Gasteiger partial charge < -0.3 is 4.42 Å². The summed E-state index contributed by atoms with van der Waals surface area (Å²) in [5.74, 6) is 0.633. The van der Waals surface area contributed by atoms with Crippen LogP contribution in [0.25, 0.3) is 28.6 Å². The minimum atomic E-state index is 0.633. The van der Waals surface area contributed by atoms with Crippen LogP contribution in [0, 0.1) is 0 Å². The van der Waals surface area contributed by atoms with Crippen LogP contribution in [0.3, 0.4) is 0 Å². The third kappa shape index (κ3) is 4.29. The maximum atomic E-state index is 5.90. The Morgan fingerprint density at radius 2 is 1.89 bits per heavy atom. The van der Waals surface area contributed by atoms with E-state index < -0.39 is 0 Å². The minimum absolute atomic E-state index is 0.633. The van der Waals surface area contributed by atoms with Crippen molar-refractivity contribution in [2.45, 2.75) is 13.3 Å². The molecular weight excluding hydrogens is 412 g/mol. The predicted octanol–water partition coefficient (Wildman–Crippen LogP) is 7.24. The van der Waals surface area contributed by atoms with Crippen LogP contribution in [-0.4, -0.2) is 11.2 Å². The van der Waals surface area contributed by atoms with E-state index in [9.17, 15) is 0 Å². The molecule has 4 heteroatoms. The number of aliphatic imine (C=N–C) groups is 1. The summed E-state index contributed by atoms with van der Waals surface area (Å²) in [6, 6.07) is 22.2. The number of rotatable bonds is 5. The zero-order chi connectivity index (χ0) is 19.3. The number of aromatic nitrogens is 1. The van der Waals surface area contributed by atoms with Crippen LogP contribution in [0.5, 0.6) is 0 Å². The first-order valence-electron chi connectivity index (χ1n) is 9.17. The van der Waals surface area contributed by atoms with Gasteiger partial charge in [-0.1, -0.05) is 53.2 Å². The standard InChI is InChI=1S/C24H19BrN2O/c1-2-17-8-10-19(11-9-17)24-27-22-16-21(12-13-23(22)28-24)26-14-4-6-18-5-3-7-20(25)15-18/h3-16H,2H2,1H3. The normalized spacial score (nSPS) is 11.8. The molecule has 3 nitrogen and oxygen atoms in total. The number of allylic oxidation sites excluding steroid dienone is 1. The summed E-state index contributed by atoms with van der Waals surface area (Å²) < 4.78 is 6.95. The van der Waals surface area contributed by atoms with Crippen molar-refractivity contribution in [3.8, 4) is 11.5 Å². The highest BCUT2D eigenvalue weighted by Crippen LogP contribution is 2.27. The van der Waals surface area contributed by atoms with Gasteiger partial charge in [-0.3, -0.25) is 4.99 Å². The fourth-order valence-electron chi connectivity index (χ4n) is 2.90. The largest absolute Gasteiger partial charge is 0.436 e. The lowest BCUT2D eigenvalue weighted by Crippen LogP contribution is -1.81. The Bertz CT molecular complexity index is 1160. The summed E-state index contributed by atoms with van der Waals surface area (Å²) in [5.41, 5.74) is 5.81. The molecule has 1 aromatic heterocycles. The fourth-order valence-corrected chi connectivity index (χ4v) is 3.31. The number of halogens is 1. The average molecular weight is 431 g/mol. The Kier molecular flexibility index (Phi) is 5.49. The van der Waals surface area contributed by atoms with Crippen molar-refractivity contribution in [2.24, 2.45) is 4.99 Å². The smallest absolute Gasteiger partial charge is 0.227 e. The zero-order valence-corrected chi connectivity index (χ0v) is 17.1. The van der Waals surface area contributed by atoms with Gasteiger partial charge >= 0.3 is 0 Å². The molecule has 4 aromatic rings. The number of hydrogen-bond acceptors (Lipinski definition) is 3. The molecular formula is C24H19BrN2O. The third-order valence-electron chi connectivity index (χ3n) is 4.43. The van der Waals surface area contributed by atoms with Gasteiger partial charge in [0.25, 0.3) is 0 Å². The predicted molar refractivity (Wildman–Crippen MR) is 120 cm³/mol. The van der Waals surface area contributed by atoms with Gasteiger partial charge in [-0.05, 0) is 66.1 Å². The zero-order valence-electron chi connectivity index (χ0n) is 15.5. The Hall–Kier alpha value is -2.98. The fraction of sp³-hybridized carbons (Fsp3) is 0.0833. The van der Waals surface area contributed by atoms with Gasteiger partial charge in [0.1, 0.15) is 5.52 Å². The van der Waals surface area contributed by atoms with Crippen molar-refractivity contribution in [2.75, 3.05) is 0 Å². The maximum Gasteiger partial charge on any atom is 0.227 e. The average Bonchev–Trinajstić information content (AvgIpc) is 3.15. The number of hydrogen-bond donors (Lipinski definition) is 0. The summed E-state index contributed by atoms with van der Waals surface area (Å²) in [6.07, 6.45) is 6.74. The molecule has 0 radical (unpaired) electrons. The summed E-state index contributed by atoms with van der Waals surface area (Å²) >= 11 is 3.47. The first kappa shape index (κ1) is 18.4. The van der Waals surface area contributed by atoms with Crippen LogP contribution in [-0.2, 0) is 6.42 Å². The lowest BCUT2D eigenvalue weighted by Gasteiger charge is -1.97. The highest BCUT2D eigenvalue weighted by molar-refractivity contribution is 9.10. The first-order valence-corrected chi connectivity index (χ1v) is 9.97. The van der Waals surface area contributed by atoms with Gasteiger partial charge in [0.05, 0.1) is 5.69 Å². The van der Waals surface area contributed by atoms with Gasteiger partial charge in [-0.25, -0.2) is 4.98 Å². The molecule has 138 valence electrons. The van der Waals surface area contributed by atoms with E-state index in [1.807, 2.05) is 48.6 Å². The lowest BCUT2D eigenvalue weighted by atomic mass is 10.1. The minimum Gasteiger partial charge on any atom is -0.436 e. The van der Waals surface area contributed by atoms with E-state index in [-0.39, 0.29) is 0 Å². The van der Waals surface area contributed by atoms with Crippen molar-refractivity contribution in [3.63, 3.8) is 0 Å². The van der Waals surface area contributed by atoms with Crippen LogP contribution in [0.2, 0.25) is 0 Å². The molecule has 3 aromatic carbocycles. The summed E-state index contributed by atoms with van der Waals surface area (Å²) in [7, 11) is 0. The van der Waals surface area contributed by atoms with Crippen LogP contribution >= 0.6 is 15.9 Å². The van der Waals surface area contributed by atoms with Crippen LogP contribution in [0.15, 0.2) is 86.7 Å². The first-order chi connectivity index (χ1) is 13.7. The molecule has 0 spiro atoms. The molecule has 0 atom stereocenters. The van der Waals surface area contributed by atoms with E-state index in [1.54, 1.807) is 6.21 Å². The molecule has 0 N–H and O–H groups in total. The van der Waals surface area contributed by atoms with Crippen LogP contribution in [0.4, 0.5) is 5.69 Å². The third-order valence-corrected chi connectivity index (χ3v) is 4.92. The molecule has 28 heavy (non-hydrogen) atoms. The Labute approximate surface area is 172 Å². The van der Waals surface area contributed by atoms with Crippen molar-refractivity contribution >= 4 is 45.0 Å². The molecule has 0 aliphatic carbocycles. The van der Waals surface area contributed by atoms with Crippen LogP contribution < -0.4 is 0 Å². The van der Waals surface area contributed by atoms with Gasteiger partial charge in [0.15, 0.2) is 5.58 Å². The molecule has 4 rings (SSSR count). The van der Waals surface area contributed by atoms with E-state index in [1.165, 1.54) is 5.56 Å². The molecule has 0 aliphatic heterocycles. The molecule has 0 unspecified atom stereocenters. The molecule has 0 saturated carbocycles. The Balaban J connectivity index is 1.52. The van der Waals surface area contributed by atoms with E-state index in [0.717, 1.165) is 38.8 Å². The highest BCUT2D eigenvalue weighted by Gasteiger charge is 2.08. The van der Waals surface area contributed by atoms with E-state index >= 15 is 0 Å². The number of nitrogens with zero attached hydrogens (tertiary/aromatic N) is 2. The molecule has 1 heterocycles. The second-order valence-corrected chi connectivity index (χ2v) is 7.33. The van der Waals surface area contributed by atoms with Gasteiger partial charge in [-0.15, -0.1) is 0 Å². The van der Waals surface area contributed by atoms with Crippen molar-refractivity contribution in [3.05, 3.63) is 88.4 Å². The van der Waals surface area contributed by atoms with Crippen molar-refractivity contribution in [1.29, 1.82) is 0 Å². The molecule has 0 saturated heterocycles. The topological polar surface area (TPSA) is 38.4 Å². The van der Waals surface area contributed by atoms with Crippen LogP contribution in [0.1, 0.15) is 18.1 Å². The van der Waals surface area contributed by atoms with Crippen molar-refractivity contribution in [1.82, 2.24) is 4.98 Å². The van der Waals surface area contributed by atoms with E-state index in [0.29, 0.717) is 5.89 Å². The van der Waals surface area contributed by atoms with E-state index in [4.69, 9.17) is 4.42 Å². The highest BCUT2D eigenvalue weighted by atomic mass is 79.9. The number of oxazole rings is 1. The number of aryl methyl sites for hydroxylation is 1. The quantitative estimate of drug-likeness (QED) is 0.313. The van der Waals surface area contributed by atoms with Gasteiger partial charge in [0.2, 0.25) is 5.89 Å². The van der Waals surface area contributed by atoms with Gasteiger partial charge in [-0.2, -0.15) is 0 Å². The lowest BCUT2D eigenvalue weighted by molar-refractivity contribution is 0.620. The number of benzene rings is 3. The van der Waals surface area contributed by atoms with Crippen molar-refractivity contribution < 1.29 is 4.42 Å². The Morgan fingerprint density at radius 1 is 1.04 bits per heavy atom. The molecule has 0 fully saturated rings. The van der Waals surface area contributed by atoms with Gasteiger partial charge in [0, 0.05) is 16.3 Å². The SMILES string of the molecule is CCc1ccc(-c2nc3cc(N=CC=Cc4cccc(Br)c4)ccc3o2)cc1. The second-order valence-electron chi connectivity index (χ2n) is 6.41. The number of fused-ring (bicyclic) bond motifs is 1. The molecule has 0 amide bonds. The summed E-state index contributed by atoms with van der Waals surface area (Å²) in [6.45, 7) is 2.14. The summed E-state index contributed by atoms with van der Waals surface area (Å²) in [5, 5.41) is 0. The summed E-state index contributed by atoms with van der Waals surface area (Å²) in [4.78, 5) is 9.11. The Morgan fingerprint density at radius 3 is 2.68 bits per heavy atom. The second kappa shape index (κ2) is 8.36. The maximum absolute atomic E-state index is 5.90.